The van der Waals surface area contributed by atoms with Gasteiger partial charge in [-0.1, -0.05) is 6.07 Å². The molecule has 2 amide bonds. The monoisotopic (exact) mass is 543 g/mol. The van der Waals surface area contributed by atoms with Crippen LogP contribution in [0.3, 0.4) is 0 Å². The Kier molecular flexibility index (Phi) is 7.40. The summed E-state index contributed by atoms with van der Waals surface area (Å²) in [5.41, 5.74) is -3.49. The van der Waals surface area contributed by atoms with Crippen LogP contribution in [-0.4, -0.2) is 41.3 Å². The minimum absolute atomic E-state index is 0.0287. The van der Waals surface area contributed by atoms with Crippen LogP contribution in [0.2, 0.25) is 0 Å². The number of carbonyl (C=O) groups excluding carboxylic acids is 2. The van der Waals surface area contributed by atoms with Crippen LogP contribution in [0.25, 0.3) is 0 Å². The highest BCUT2D eigenvalue weighted by Gasteiger charge is 2.43. The second kappa shape index (κ2) is 10.6. The Balaban J connectivity index is 1.65. The predicted octanol–water partition coefficient (Wildman–Crippen LogP) is 4.96. The van der Waals surface area contributed by atoms with Crippen LogP contribution in [0.5, 0.6) is 17.4 Å². The summed E-state index contributed by atoms with van der Waals surface area (Å²) < 4.78 is 65.4. The molecule has 1 saturated carbocycles. The van der Waals surface area contributed by atoms with Crippen molar-refractivity contribution >= 4 is 17.5 Å². The van der Waals surface area contributed by atoms with Gasteiger partial charge in [-0.3, -0.25) is 9.59 Å². The van der Waals surface area contributed by atoms with Crippen molar-refractivity contribution in [3.05, 3.63) is 70.4 Å². The number of hydrogen-bond acceptors (Lipinski definition) is 7. The third kappa shape index (κ3) is 6.23. The molecule has 2 N–H and O–H groups in total. The fourth-order valence-corrected chi connectivity index (χ4v) is 3.62. The number of halogens is 4. The number of alkyl halides is 4. The van der Waals surface area contributed by atoms with E-state index in [9.17, 15) is 27.2 Å². The molecule has 0 unspecified atom stereocenters. The highest BCUT2D eigenvalue weighted by Crippen LogP contribution is 2.39. The first-order chi connectivity index (χ1) is 18.4. The average Bonchev–Trinajstić information content (AvgIpc) is 3.64. The maximum Gasteiger partial charge on any atom is 0.435 e. The number of nitrogens with one attached hydrogen (secondary N) is 2. The Bertz CT molecular complexity index is 1480. The lowest BCUT2D eigenvalue weighted by atomic mass is 10.1. The van der Waals surface area contributed by atoms with Crippen molar-refractivity contribution in [2.75, 3.05) is 19.0 Å². The third-order valence-electron chi connectivity index (χ3n) is 5.92. The van der Waals surface area contributed by atoms with E-state index in [2.05, 4.69) is 20.8 Å². The Labute approximate surface area is 219 Å². The molecule has 0 aliphatic heterocycles. The van der Waals surface area contributed by atoms with Gasteiger partial charge in [0.05, 0.1) is 25.3 Å². The number of carbonyl (C=O) groups is 2. The van der Waals surface area contributed by atoms with Gasteiger partial charge < -0.3 is 20.1 Å². The van der Waals surface area contributed by atoms with Crippen molar-refractivity contribution in [1.82, 2.24) is 15.5 Å². The number of aromatic nitrogens is 2. The molecule has 9 nitrogen and oxygen atoms in total. The summed E-state index contributed by atoms with van der Waals surface area (Å²) in [5, 5.41) is 20.7. The van der Waals surface area contributed by atoms with Gasteiger partial charge in [0, 0.05) is 17.3 Å². The van der Waals surface area contributed by atoms with Crippen LogP contribution in [0.1, 0.15) is 50.4 Å². The second-order valence-electron chi connectivity index (χ2n) is 8.80. The highest BCUT2D eigenvalue weighted by molar-refractivity contribution is 6.07. The first-order valence-corrected chi connectivity index (χ1v) is 11.5. The number of hydrogen-bond donors (Lipinski definition) is 2. The molecule has 2 aromatic carbocycles. The Hall–Kier alpha value is -4.73. The molecule has 0 radical (unpaired) electrons. The van der Waals surface area contributed by atoms with E-state index >= 15 is 0 Å². The number of benzene rings is 2. The van der Waals surface area contributed by atoms with Gasteiger partial charge in [0.15, 0.2) is 17.2 Å². The van der Waals surface area contributed by atoms with Crippen LogP contribution in [0.4, 0.5) is 23.2 Å². The van der Waals surface area contributed by atoms with Gasteiger partial charge in [-0.15, -0.1) is 10.2 Å². The lowest BCUT2D eigenvalue weighted by Gasteiger charge is -2.17. The molecule has 4 rings (SSSR count). The van der Waals surface area contributed by atoms with Crippen molar-refractivity contribution in [2.45, 2.75) is 31.6 Å². The summed E-state index contributed by atoms with van der Waals surface area (Å²) in [6, 6.07) is 11.6. The highest BCUT2D eigenvalue weighted by atomic mass is 19.4. The van der Waals surface area contributed by atoms with Crippen molar-refractivity contribution < 1.29 is 36.6 Å². The van der Waals surface area contributed by atoms with E-state index in [4.69, 9.17) is 14.7 Å². The number of nitriles is 1. The van der Waals surface area contributed by atoms with Gasteiger partial charge in [-0.2, -0.15) is 18.4 Å². The maximum absolute atomic E-state index is 13.9. The maximum atomic E-state index is 13.9. The van der Waals surface area contributed by atoms with E-state index in [0.717, 1.165) is 6.92 Å². The average molecular weight is 543 g/mol. The van der Waals surface area contributed by atoms with Crippen molar-refractivity contribution in [3.8, 4) is 23.4 Å². The number of anilines is 1. The van der Waals surface area contributed by atoms with Crippen molar-refractivity contribution in [3.63, 3.8) is 0 Å². The summed E-state index contributed by atoms with van der Waals surface area (Å²) in [7, 11) is 1.29. The van der Waals surface area contributed by atoms with Crippen LogP contribution in [0.15, 0.2) is 42.5 Å². The Morgan fingerprint density at radius 1 is 1.10 bits per heavy atom. The summed E-state index contributed by atoms with van der Waals surface area (Å²) in [4.78, 5) is 25.7. The molecule has 202 valence electrons. The van der Waals surface area contributed by atoms with E-state index in [1.165, 1.54) is 49.6 Å². The Morgan fingerprint density at radius 2 is 1.85 bits per heavy atom. The molecular weight excluding hydrogens is 522 g/mol. The van der Waals surface area contributed by atoms with E-state index < -0.39 is 46.4 Å². The van der Waals surface area contributed by atoms with Gasteiger partial charge in [0.2, 0.25) is 0 Å². The second-order valence-corrected chi connectivity index (χ2v) is 8.80. The first kappa shape index (κ1) is 27.3. The van der Waals surface area contributed by atoms with Crippen LogP contribution in [-0.2, 0) is 6.18 Å². The van der Waals surface area contributed by atoms with Crippen LogP contribution >= 0.6 is 0 Å². The zero-order valence-electron chi connectivity index (χ0n) is 20.6. The molecule has 0 spiro atoms. The molecular formula is C26H21F4N5O4. The van der Waals surface area contributed by atoms with E-state index in [0.29, 0.717) is 12.8 Å². The fourth-order valence-electron chi connectivity index (χ4n) is 3.62. The summed E-state index contributed by atoms with van der Waals surface area (Å²) in [5.74, 6) is -2.10. The quantitative estimate of drug-likeness (QED) is 0.385. The molecule has 0 atom stereocenters. The minimum Gasteiger partial charge on any atom is -0.493 e. The van der Waals surface area contributed by atoms with Crippen LogP contribution < -0.4 is 20.1 Å². The van der Waals surface area contributed by atoms with Crippen molar-refractivity contribution in [2.24, 2.45) is 0 Å². The molecule has 1 aliphatic carbocycles. The van der Waals surface area contributed by atoms with E-state index in [1.807, 2.05) is 6.07 Å². The lowest BCUT2D eigenvalue weighted by Crippen LogP contribution is -2.31. The number of amides is 2. The molecule has 39 heavy (non-hydrogen) atoms. The SMILES string of the molecule is COc1cc(C#N)ccc1Oc1nnc(C(F)(F)F)c(C)c1C(=O)Nc1cccc(C(=O)NCC2(F)CC2)c1. The number of nitrogens with zero attached hydrogens (tertiary/aromatic N) is 3. The summed E-state index contributed by atoms with van der Waals surface area (Å²) in [6.07, 6.45) is -4.19. The predicted molar refractivity (Wildman–Crippen MR) is 129 cm³/mol. The van der Waals surface area contributed by atoms with E-state index in [1.54, 1.807) is 0 Å². The molecule has 1 heterocycles. The number of ether oxygens (including phenoxy) is 2. The van der Waals surface area contributed by atoms with Crippen LogP contribution in [0, 0.1) is 18.3 Å². The van der Waals surface area contributed by atoms with Gasteiger partial charge in [0.25, 0.3) is 17.7 Å². The number of rotatable bonds is 8. The summed E-state index contributed by atoms with van der Waals surface area (Å²) in [6.45, 7) is 0.897. The molecule has 0 bridgehead atoms. The lowest BCUT2D eigenvalue weighted by molar-refractivity contribution is -0.142. The largest absolute Gasteiger partial charge is 0.493 e. The number of methoxy groups -OCH3 is 1. The first-order valence-electron chi connectivity index (χ1n) is 11.5. The van der Waals surface area contributed by atoms with Gasteiger partial charge >= 0.3 is 6.18 Å². The van der Waals surface area contributed by atoms with Crippen molar-refractivity contribution in [1.29, 1.82) is 5.26 Å². The standard InChI is InChI=1S/C26H21F4N5O4/c1-14-20(23(37)33-17-5-3-4-16(11-17)22(36)32-13-25(27)8-9-25)24(35-34-21(14)26(28,29)30)39-18-7-6-15(12-31)10-19(18)38-2/h3-7,10-11H,8-9,13H2,1-2H3,(H,32,36)(H,33,37). The molecule has 13 heteroatoms. The third-order valence-corrected chi connectivity index (χ3v) is 5.92. The van der Waals surface area contributed by atoms with E-state index in [-0.39, 0.29) is 34.9 Å². The topological polar surface area (TPSA) is 126 Å². The zero-order valence-corrected chi connectivity index (χ0v) is 20.6. The molecule has 1 aromatic heterocycles. The summed E-state index contributed by atoms with van der Waals surface area (Å²) >= 11 is 0. The smallest absolute Gasteiger partial charge is 0.435 e. The normalized spacial score (nSPS) is 13.7. The van der Waals surface area contributed by atoms with Gasteiger partial charge in [0.1, 0.15) is 11.2 Å². The minimum atomic E-state index is -4.91. The fraction of sp³-hybridized carbons (Fsp3) is 0.269. The molecule has 0 saturated heterocycles. The molecule has 1 aliphatic rings. The molecule has 1 fully saturated rings. The molecule has 3 aromatic rings. The van der Waals surface area contributed by atoms with Gasteiger partial charge in [-0.05, 0) is 55.7 Å². The Morgan fingerprint density at radius 3 is 2.49 bits per heavy atom. The zero-order chi connectivity index (χ0) is 28.4. The van der Waals surface area contributed by atoms with Gasteiger partial charge in [-0.25, -0.2) is 4.39 Å².